The molecule has 20 heavy (non-hydrogen) atoms. The SMILES string of the molecule is CC1(CS(=O)(=O)Nc2cccc3ocnc23)CC1(Cl)Cl. The van der Waals surface area contributed by atoms with Gasteiger partial charge in [0, 0.05) is 5.41 Å². The van der Waals surface area contributed by atoms with Crippen molar-refractivity contribution in [1.82, 2.24) is 4.98 Å². The summed E-state index contributed by atoms with van der Waals surface area (Å²) in [5.41, 5.74) is 0.752. The minimum atomic E-state index is -3.57. The van der Waals surface area contributed by atoms with Crippen LogP contribution in [0.25, 0.3) is 11.1 Å². The van der Waals surface area contributed by atoms with E-state index in [4.69, 9.17) is 27.6 Å². The van der Waals surface area contributed by atoms with Crippen molar-refractivity contribution in [3.63, 3.8) is 0 Å². The molecule has 8 heteroatoms. The number of alkyl halides is 2. The van der Waals surface area contributed by atoms with E-state index in [0.717, 1.165) is 0 Å². The van der Waals surface area contributed by atoms with Crippen molar-refractivity contribution in [3.8, 4) is 0 Å². The van der Waals surface area contributed by atoms with Crippen molar-refractivity contribution in [2.75, 3.05) is 10.5 Å². The van der Waals surface area contributed by atoms with Crippen LogP contribution in [-0.2, 0) is 10.0 Å². The maximum atomic E-state index is 12.2. The summed E-state index contributed by atoms with van der Waals surface area (Å²) in [6.45, 7) is 1.75. The molecule has 0 spiro atoms. The van der Waals surface area contributed by atoms with Crippen molar-refractivity contribution < 1.29 is 12.8 Å². The molecule has 1 aliphatic carbocycles. The fraction of sp³-hybridized carbons (Fsp3) is 0.417. The quantitative estimate of drug-likeness (QED) is 0.871. The third-order valence-corrected chi connectivity index (χ3v) is 6.23. The lowest BCUT2D eigenvalue weighted by molar-refractivity contribution is 0.569. The van der Waals surface area contributed by atoms with Crippen LogP contribution in [0, 0.1) is 5.41 Å². The van der Waals surface area contributed by atoms with Crippen LogP contribution in [-0.4, -0.2) is 23.5 Å². The Hall–Kier alpha value is -0.980. The lowest BCUT2D eigenvalue weighted by Crippen LogP contribution is -2.25. The van der Waals surface area contributed by atoms with Gasteiger partial charge in [0.2, 0.25) is 10.0 Å². The lowest BCUT2D eigenvalue weighted by atomic mass is 10.2. The van der Waals surface area contributed by atoms with Crippen LogP contribution in [0.15, 0.2) is 29.0 Å². The lowest BCUT2D eigenvalue weighted by Gasteiger charge is -2.14. The van der Waals surface area contributed by atoms with Crippen LogP contribution < -0.4 is 4.72 Å². The third kappa shape index (κ3) is 2.36. The second kappa shape index (κ2) is 4.26. The van der Waals surface area contributed by atoms with E-state index in [1.54, 1.807) is 25.1 Å². The number of benzene rings is 1. The molecule has 2 aromatic rings. The third-order valence-electron chi connectivity index (χ3n) is 3.50. The molecule has 0 saturated heterocycles. The fourth-order valence-corrected chi connectivity index (χ4v) is 4.84. The summed E-state index contributed by atoms with van der Waals surface area (Å²) in [5.74, 6) is -0.138. The second-order valence-corrected chi connectivity index (χ2v) is 8.51. The van der Waals surface area contributed by atoms with Crippen LogP contribution in [0.5, 0.6) is 0 Å². The molecule has 3 rings (SSSR count). The Morgan fingerprint density at radius 3 is 2.80 bits per heavy atom. The molecule has 0 bridgehead atoms. The van der Waals surface area contributed by atoms with Crippen LogP contribution >= 0.6 is 23.2 Å². The van der Waals surface area contributed by atoms with Crippen LogP contribution in [0.3, 0.4) is 0 Å². The van der Waals surface area contributed by atoms with Gasteiger partial charge in [0.05, 0.1) is 11.4 Å². The Balaban J connectivity index is 1.85. The summed E-state index contributed by atoms with van der Waals surface area (Å²) in [6.07, 6.45) is 1.73. The summed E-state index contributed by atoms with van der Waals surface area (Å²) in [4.78, 5) is 4.00. The Labute approximate surface area is 126 Å². The number of aromatic nitrogens is 1. The van der Waals surface area contributed by atoms with Crippen LogP contribution in [0.2, 0.25) is 0 Å². The number of fused-ring (bicyclic) bond motifs is 1. The highest BCUT2D eigenvalue weighted by Crippen LogP contribution is 2.64. The number of nitrogens with one attached hydrogen (secondary N) is 1. The standard InChI is InChI=1S/C12H12Cl2N2O3S/c1-11(5-12(11,13)14)6-20(17,18)16-8-3-2-4-9-10(8)15-7-19-9/h2-4,7,16H,5-6H2,1H3. The summed E-state index contributed by atoms with van der Waals surface area (Å²) in [7, 11) is -3.57. The molecule has 1 aliphatic rings. The number of oxazole rings is 1. The predicted molar refractivity (Wildman–Crippen MR) is 78.6 cm³/mol. The predicted octanol–water partition coefficient (Wildman–Crippen LogP) is 3.15. The summed E-state index contributed by atoms with van der Waals surface area (Å²) >= 11 is 12.0. The first-order valence-electron chi connectivity index (χ1n) is 5.93. The number of para-hydroxylation sites is 1. The van der Waals surface area contributed by atoms with E-state index in [0.29, 0.717) is 23.2 Å². The summed E-state index contributed by atoms with van der Waals surface area (Å²) < 4.78 is 31.1. The van der Waals surface area contributed by atoms with Gasteiger partial charge in [-0.05, 0) is 18.6 Å². The highest BCUT2D eigenvalue weighted by atomic mass is 35.5. The first-order chi connectivity index (χ1) is 9.23. The van der Waals surface area contributed by atoms with Gasteiger partial charge in [-0.25, -0.2) is 13.4 Å². The first kappa shape index (κ1) is 14.0. The molecule has 1 aromatic carbocycles. The molecular formula is C12H12Cl2N2O3S. The summed E-state index contributed by atoms with van der Waals surface area (Å²) in [5, 5.41) is 0. The van der Waals surface area contributed by atoms with Crippen molar-refractivity contribution >= 4 is 50.0 Å². The monoisotopic (exact) mass is 334 g/mol. The molecular weight excluding hydrogens is 323 g/mol. The Morgan fingerprint density at radius 1 is 1.45 bits per heavy atom. The maximum absolute atomic E-state index is 12.2. The largest absolute Gasteiger partial charge is 0.443 e. The zero-order valence-electron chi connectivity index (χ0n) is 10.6. The molecule has 1 N–H and O–H groups in total. The number of sulfonamides is 1. The first-order valence-corrected chi connectivity index (χ1v) is 8.34. The van der Waals surface area contributed by atoms with Gasteiger partial charge in [0.25, 0.3) is 0 Å². The molecule has 0 aliphatic heterocycles. The fourth-order valence-electron chi connectivity index (χ4n) is 2.19. The molecule has 1 unspecified atom stereocenters. The zero-order chi connectivity index (χ0) is 14.6. The number of rotatable bonds is 4. The van der Waals surface area contributed by atoms with E-state index in [-0.39, 0.29) is 5.75 Å². The van der Waals surface area contributed by atoms with Gasteiger partial charge in [-0.1, -0.05) is 13.0 Å². The van der Waals surface area contributed by atoms with Crippen molar-refractivity contribution in [1.29, 1.82) is 0 Å². The smallest absolute Gasteiger partial charge is 0.233 e. The number of hydrogen-bond donors (Lipinski definition) is 1. The number of halogens is 2. The average molecular weight is 335 g/mol. The molecule has 0 radical (unpaired) electrons. The Bertz CT molecular complexity index is 772. The van der Waals surface area contributed by atoms with Gasteiger partial charge in [0.15, 0.2) is 12.0 Å². The minimum absolute atomic E-state index is 0.138. The highest BCUT2D eigenvalue weighted by molar-refractivity contribution is 7.92. The Morgan fingerprint density at radius 2 is 2.15 bits per heavy atom. The molecule has 108 valence electrons. The highest BCUT2D eigenvalue weighted by Gasteiger charge is 2.64. The molecule has 5 nitrogen and oxygen atoms in total. The molecule has 1 saturated carbocycles. The number of hydrogen-bond acceptors (Lipinski definition) is 4. The van der Waals surface area contributed by atoms with E-state index in [9.17, 15) is 8.42 Å². The average Bonchev–Trinajstić information content (AvgIpc) is 2.70. The normalized spacial score (nSPS) is 24.8. The van der Waals surface area contributed by atoms with E-state index in [1.165, 1.54) is 6.39 Å². The zero-order valence-corrected chi connectivity index (χ0v) is 12.9. The minimum Gasteiger partial charge on any atom is -0.443 e. The number of nitrogens with zero attached hydrogens (tertiary/aromatic N) is 1. The van der Waals surface area contributed by atoms with Gasteiger partial charge >= 0.3 is 0 Å². The van der Waals surface area contributed by atoms with Gasteiger partial charge in [-0.3, -0.25) is 4.72 Å². The van der Waals surface area contributed by atoms with Crippen molar-refractivity contribution in [3.05, 3.63) is 24.6 Å². The van der Waals surface area contributed by atoms with Gasteiger partial charge < -0.3 is 4.42 Å². The van der Waals surface area contributed by atoms with E-state index in [1.807, 2.05) is 0 Å². The number of anilines is 1. The van der Waals surface area contributed by atoms with Crippen molar-refractivity contribution in [2.45, 2.75) is 17.7 Å². The van der Waals surface area contributed by atoms with E-state index >= 15 is 0 Å². The maximum Gasteiger partial charge on any atom is 0.233 e. The van der Waals surface area contributed by atoms with E-state index in [2.05, 4.69) is 9.71 Å². The van der Waals surface area contributed by atoms with E-state index < -0.39 is 19.8 Å². The van der Waals surface area contributed by atoms with Crippen LogP contribution in [0.1, 0.15) is 13.3 Å². The molecule has 1 aromatic heterocycles. The molecule has 1 fully saturated rings. The van der Waals surface area contributed by atoms with Crippen molar-refractivity contribution in [2.24, 2.45) is 5.41 Å². The van der Waals surface area contributed by atoms with Gasteiger partial charge in [0.1, 0.15) is 9.85 Å². The van der Waals surface area contributed by atoms with Gasteiger partial charge in [-0.15, -0.1) is 23.2 Å². The summed E-state index contributed by atoms with van der Waals surface area (Å²) in [6, 6.07) is 5.04. The topological polar surface area (TPSA) is 72.2 Å². The molecule has 1 heterocycles. The molecule has 0 amide bonds. The molecule has 1 atom stereocenters. The van der Waals surface area contributed by atoms with Gasteiger partial charge in [-0.2, -0.15) is 0 Å². The Kier molecular flexibility index (Phi) is 2.97. The van der Waals surface area contributed by atoms with Crippen LogP contribution in [0.4, 0.5) is 5.69 Å². The second-order valence-electron chi connectivity index (χ2n) is 5.31.